The highest BCUT2D eigenvalue weighted by Gasteiger charge is 2.38. The van der Waals surface area contributed by atoms with Crippen LogP contribution in [0.5, 0.6) is 0 Å². The number of nitrogens with zero attached hydrogens (tertiary/aromatic N) is 5. The first-order valence-electron chi connectivity index (χ1n) is 8.62. The minimum absolute atomic E-state index is 0.197. The van der Waals surface area contributed by atoms with Gasteiger partial charge in [0, 0.05) is 25.1 Å². The fourth-order valence-corrected chi connectivity index (χ4v) is 3.56. The Morgan fingerprint density at radius 3 is 2.54 bits per heavy atom. The van der Waals surface area contributed by atoms with E-state index in [1.165, 1.54) is 0 Å². The van der Waals surface area contributed by atoms with Crippen molar-refractivity contribution in [1.29, 1.82) is 0 Å². The second-order valence-electron chi connectivity index (χ2n) is 6.92. The van der Waals surface area contributed by atoms with Crippen molar-refractivity contribution in [2.45, 2.75) is 31.0 Å². The van der Waals surface area contributed by atoms with Crippen LogP contribution >= 0.6 is 0 Å². The predicted octanol–water partition coefficient (Wildman–Crippen LogP) is 3.78. The van der Waals surface area contributed by atoms with Gasteiger partial charge in [0.1, 0.15) is 23.7 Å². The molecule has 1 aliphatic heterocycles. The minimum Gasteiger partial charge on any atom is -0.352 e. The van der Waals surface area contributed by atoms with E-state index in [0.29, 0.717) is 24.8 Å². The summed E-state index contributed by atoms with van der Waals surface area (Å²) in [6, 6.07) is 9.25. The summed E-state index contributed by atoms with van der Waals surface area (Å²) in [6.07, 6.45) is -1.17. The van der Waals surface area contributed by atoms with Crippen molar-refractivity contribution >= 4 is 16.9 Å². The molecule has 1 saturated carbocycles. The molecule has 5 nitrogen and oxygen atoms in total. The van der Waals surface area contributed by atoms with Crippen molar-refractivity contribution in [1.82, 2.24) is 19.5 Å². The average molecular weight is 359 g/mol. The number of halogens is 3. The zero-order valence-electron chi connectivity index (χ0n) is 13.8. The van der Waals surface area contributed by atoms with E-state index in [2.05, 4.69) is 20.6 Å². The number of aromatic nitrogens is 4. The van der Waals surface area contributed by atoms with Gasteiger partial charge in [-0.1, -0.05) is 12.1 Å². The molecule has 5 rings (SSSR count). The first kappa shape index (κ1) is 15.6. The number of imidazole rings is 1. The lowest BCUT2D eigenvalue weighted by atomic mass is 10.1. The van der Waals surface area contributed by atoms with E-state index in [4.69, 9.17) is 4.98 Å². The largest absolute Gasteiger partial charge is 0.433 e. The van der Waals surface area contributed by atoms with Crippen LogP contribution in [-0.2, 0) is 6.18 Å². The van der Waals surface area contributed by atoms with Crippen molar-refractivity contribution in [2.24, 2.45) is 0 Å². The number of alkyl halides is 3. The molecule has 2 fully saturated rings. The molecule has 0 spiro atoms. The maximum Gasteiger partial charge on any atom is 0.433 e. The Morgan fingerprint density at radius 2 is 1.81 bits per heavy atom. The van der Waals surface area contributed by atoms with Gasteiger partial charge in [0.25, 0.3) is 0 Å². The lowest BCUT2D eigenvalue weighted by Gasteiger charge is -2.41. The van der Waals surface area contributed by atoms with E-state index < -0.39 is 11.9 Å². The molecule has 0 amide bonds. The van der Waals surface area contributed by atoms with Gasteiger partial charge in [-0.05, 0) is 25.0 Å². The van der Waals surface area contributed by atoms with Gasteiger partial charge in [-0.15, -0.1) is 0 Å². The van der Waals surface area contributed by atoms with E-state index in [1.807, 2.05) is 23.1 Å². The van der Waals surface area contributed by atoms with Crippen molar-refractivity contribution in [3.63, 3.8) is 0 Å². The normalized spacial score (nSPS) is 18.3. The second kappa shape index (κ2) is 5.43. The molecular weight excluding hydrogens is 343 g/mol. The van der Waals surface area contributed by atoms with E-state index >= 15 is 0 Å². The van der Waals surface area contributed by atoms with Crippen LogP contribution in [0.15, 0.2) is 36.7 Å². The monoisotopic (exact) mass is 359 g/mol. The first-order chi connectivity index (χ1) is 12.5. The zero-order chi connectivity index (χ0) is 17.9. The van der Waals surface area contributed by atoms with Crippen LogP contribution in [0.1, 0.15) is 36.3 Å². The molecule has 0 N–H and O–H groups in total. The Balaban J connectivity index is 1.42. The molecule has 2 aromatic heterocycles. The van der Waals surface area contributed by atoms with Gasteiger partial charge in [0.2, 0.25) is 0 Å². The standard InChI is InChI=1S/C18H16F3N5/c19-18(20,21)15-7-16(23-10-22-15)25-8-12(9-25)26-14-4-2-1-3-13(14)24-17(26)11-5-6-11/h1-4,7,10-12H,5-6,8-9H2. The summed E-state index contributed by atoms with van der Waals surface area (Å²) in [6.45, 7) is 1.24. The maximum absolute atomic E-state index is 12.9. The predicted molar refractivity (Wildman–Crippen MR) is 90.0 cm³/mol. The molecule has 3 heterocycles. The van der Waals surface area contributed by atoms with E-state index in [0.717, 1.165) is 42.1 Å². The van der Waals surface area contributed by atoms with Gasteiger partial charge in [0.15, 0.2) is 0 Å². The molecule has 26 heavy (non-hydrogen) atoms. The number of anilines is 1. The van der Waals surface area contributed by atoms with Crippen LogP contribution in [-0.4, -0.2) is 32.6 Å². The summed E-state index contributed by atoms with van der Waals surface area (Å²) in [4.78, 5) is 14.0. The highest BCUT2D eigenvalue weighted by Crippen LogP contribution is 2.43. The van der Waals surface area contributed by atoms with Gasteiger partial charge in [-0.3, -0.25) is 0 Å². The summed E-state index contributed by atoms with van der Waals surface area (Å²) >= 11 is 0. The summed E-state index contributed by atoms with van der Waals surface area (Å²) in [5, 5.41) is 0. The molecule has 1 aliphatic carbocycles. The molecule has 0 unspecified atom stereocenters. The highest BCUT2D eigenvalue weighted by molar-refractivity contribution is 5.76. The summed E-state index contributed by atoms with van der Waals surface area (Å²) in [5.41, 5.74) is 1.17. The molecule has 0 bridgehead atoms. The topological polar surface area (TPSA) is 46.8 Å². The maximum atomic E-state index is 12.9. The fourth-order valence-electron chi connectivity index (χ4n) is 3.56. The number of para-hydroxylation sites is 2. The molecule has 2 aliphatic rings. The SMILES string of the molecule is FC(F)(F)c1cc(N2CC(n3c(C4CC4)nc4ccccc43)C2)ncn1. The van der Waals surface area contributed by atoms with Gasteiger partial charge < -0.3 is 9.47 Å². The van der Waals surface area contributed by atoms with Crippen LogP contribution in [0.2, 0.25) is 0 Å². The lowest BCUT2D eigenvalue weighted by molar-refractivity contribution is -0.141. The van der Waals surface area contributed by atoms with Crippen LogP contribution in [0.3, 0.4) is 0 Å². The second-order valence-corrected chi connectivity index (χ2v) is 6.92. The fraction of sp³-hybridized carbons (Fsp3) is 0.389. The molecular formula is C18H16F3N5. The van der Waals surface area contributed by atoms with Crippen LogP contribution in [0.25, 0.3) is 11.0 Å². The Hall–Kier alpha value is -2.64. The Morgan fingerprint density at radius 1 is 1.04 bits per heavy atom. The van der Waals surface area contributed by atoms with Gasteiger partial charge in [0.05, 0.1) is 17.1 Å². The molecule has 134 valence electrons. The quantitative estimate of drug-likeness (QED) is 0.714. The summed E-state index contributed by atoms with van der Waals surface area (Å²) in [7, 11) is 0. The summed E-state index contributed by atoms with van der Waals surface area (Å²) < 4.78 is 40.8. The number of rotatable bonds is 3. The third-order valence-electron chi connectivity index (χ3n) is 5.06. The molecule has 8 heteroatoms. The van der Waals surface area contributed by atoms with Gasteiger partial charge >= 0.3 is 6.18 Å². The van der Waals surface area contributed by atoms with Crippen molar-refractivity contribution in [3.8, 4) is 0 Å². The van der Waals surface area contributed by atoms with Crippen molar-refractivity contribution in [2.75, 3.05) is 18.0 Å². The van der Waals surface area contributed by atoms with Crippen molar-refractivity contribution < 1.29 is 13.2 Å². The smallest absolute Gasteiger partial charge is 0.352 e. The Labute approximate surface area is 147 Å². The third kappa shape index (κ3) is 2.51. The van der Waals surface area contributed by atoms with Gasteiger partial charge in [-0.25, -0.2) is 15.0 Å². The van der Waals surface area contributed by atoms with Crippen LogP contribution in [0.4, 0.5) is 19.0 Å². The molecule has 0 atom stereocenters. The van der Waals surface area contributed by atoms with Crippen LogP contribution in [0, 0.1) is 0 Å². The van der Waals surface area contributed by atoms with E-state index in [-0.39, 0.29) is 6.04 Å². The highest BCUT2D eigenvalue weighted by atomic mass is 19.4. The minimum atomic E-state index is -4.46. The lowest BCUT2D eigenvalue weighted by Crippen LogP contribution is -2.48. The molecule has 1 saturated heterocycles. The molecule has 3 aromatic rings. The number of fused-ring (bicyclic) bond motifs is 1. The average Bonchev–Trinajstić information content (AvgIpc) is 3.35. The zero-order valence-corrected chi connectivity index (χ0v) is 13.8. The van der Waals surface area contributed by atoms with E-state index in [9.17, 15) is 13.2 Å². The molecule has 1 aromatic carbocycles. The molecule has 0 radical (unpaired) electrons. The number of hydrogen-bond donors (Lipinski definition) is 0. The summed E-state index contributed by atoms with van der Waals surface area (Å²) in [5.74, 6) is 1.93. The van der Waals surface area contributed by atoms with Gasteiger partial charge in [-0.2, -0.15) is 13.2 Å². The first-order valence-corrected chi connectivity index (χ1v) is 8.62. The van der Waals surface area contributed by atoms with Crippen molar-refractivity contribution in [3.05, 3.63) is 48.2 Å². The third-order valence-corrected chi connectivity index (χ3v) is 5.06. The van der Waals surface area contributed by atoms with E-state index in [1.54, 1.807) is 0 Å². The van der Waals surface area contributed by atoms with Crippen LogP contribution < -0.4 is 4.90 Å². The number of benzene rings is 1. The Kier molecular flexibility index (Phi) is 3.26. The number of hydrogen-bond acceptors (Lipinski definition) is 4. The Bertz CT molecular complexity index is 970.